The standard InChI is InChI=1S/C11H18N2/c1-4-9(2)13-10(3)11-6-5-7-12-8-11/h5-10,13H,4H2,1-3H3. The van der Waals surface area contributed by atoms with E-state index in [-0.39, 0.29) is 0 Å². The van der Waals surface area contributed by atoms with Gasteiger partial charge in [0.15, 0.2) is 0 Å². The average molecular weight is 178 g/mol. The minimum Gasteiger partial charge on any atom is -0.308 e. The molecule has 1 aromatic heterocycles. The van der Waals surface area contributed by atoms with Crippen molar-refractivity contribution < 1.29 is 0 Å². The summed E-state index contributed by atoms with van der Waals surface area (Å²) in [4.78, 5) is 4.10. The summed E-state index contributed by atoms with van der Waals surface area (Å²) in [5.41, 5.74) is 1.25. The summed E-state index contributed by atoms with van der Waals surface area (Å²) in [5, 5.41) is 3.51. The molecule has 1 aromatic rings. The molecule has 0 saturated carbocycles. The first-order chi connectivity index (χ1) is 6.24. The molecule has 1 heterocycles. The van der Waals surface area contributed by atoms with Gasteiger partial charge in [-0.1, -0.05) is 13.0 Å². The zero-order chi connectivity index (χ0) is 9.68. The maximum Gasteiger partial charge on any atom is 0.0315 e. The van der Waals surface area contributed by atoms with E-state index in [0.29, 0.717) is 12.1 Å². The molecule has 0 bridgehead atoms. The van der Waals surface area contributed by atoms with Crippen LogP contribution in [-0.4, -0.2) is 11.0 Å². The van der Waals surface area contributed by atoms with Crippen molar-refractivity contribution in [3.63, 3.8) is 0 Å². The van der Waals surface area contributed by atoms with Gasteiger partial charge in [-0.05, 0) is 31.9 Å². The zero-order valence-electron chi connectivity index (χ0n) is 8.62. The molecular formula is C11H18N2. The molecule has 1 rings (SSSR count). The van der Waals surface area contributed by atoms with Gasteiger partial charge in [-0.3, -0.25) is 4.98 Å². The maximum atomic E-state index is 4.10. The molecule has 0 aromatic carbocycles. The number of hydrogen-bond donors (Lipinski definition) is 1. The van der Waals surface area contributed by atoms with Crippen molar-refractivity contribution in [2.75, 3.05) is 0 Å². The summed E-state index contributed by atoms with van der Waals surface area (Å²) in [6.45, 7) is 6.56. The van der Waals surface area contributed by atoms with Gasteiger partial charge in [0.25, 0.3) is 0 Å². The van der Waals surface area contributed by atoms with E-state index >= 15 is 0 Å². The molecule has 2 atom stereocenters. The van der Waals surface area contributed by atoms with Crippen LogP contribution in [-0.2, 0) is 0 Å². The number of hydrogen-bond acceptors (Lipinski definition) is 2. The highest BCUT2D eigenvalue weighted by atomic mass is 14.9. The van der Waals surface area contributed by atoms with Gasteiger partial charge in [-0.25, -0.2) is 0 Å². The first-order valence-corrected chi connectivity index (χ1v) is 4.90. The second-order valence-electron chi connectivity index (χ2n) is 3.48. The van der Waals surface area contributed by atoms with Crippen LogP contribution in [0.5, 0.6) is 0 Å². The Morgan fingerprint density at radius 2 is 2.23 bits per heavy atom. The molecule has 72 valence electrons. The monoisotopic (exact) mass is 178 g/mol. The predicted octanol–water partition coefficient (Wildman–Crippen LogP) is 2.53. The Hall–Kier alpha value is -0.890. The number of nitrogens with one attached hydrogen (secondary N) is 1. The van der Waals surface area contributed by atoms with Crippen LogP contribution in [0.25, 0.3) is 0 Å². The average Bonchev–Trinajstić information content (AvgIpc) is 2.19. The fourth-order valence-corrected chi connectivity index (χ4v) is 1.27. The molecule has 0 amide bonds. The minimum absolute atomic E-state index is 0.392. The van der Waals surface area contributed by atoms with Crippen molar-refractivity contribution in [2.45, 2.75) is 39.3 Å². The topological polar surface area (TPSA) is 24.9 Å². The van der Waals surface area contributed by atoms with Crippen LogP contribution >= 0.6 is 0 Å². The molecule has 0 radical (unpaired) electrons. The van der Waals surface area contributed by atoms with E-state index in [9.17, 15) is 0 Å². The third kappa shape index (κ3) is 3.15. The van der Waals surface area contributed by atoms with Gasteiger partial charge in [-0.2, -0.15) is 0 Å². The molecule has 0 spiro atoms. The third-order valence-electron chi connectivity index (χ3n) is 2.33. The van der Waals surface area contributed by atoms with E-state index in [1.54, 1.807) is 6.20 Å². The summed E-state index contributed by atoms with van der Waals surface area (Å²) < 4.78 is 0. The van der Waals surface area contributed by atoms with Gasteiger partial charge < -0.3 is 5.32 Å². The van der Waals surface area contributed by atoms with Crippen LogP contribution in [0.2, 0.25) is 0 Å². The fraction of sp³-hybridized carbons (Fsp3) is 0.545. The molecule has 0 aliphatic heterocycles. The van der Waals surface area contributed by atoms with E-state index in [1.165, 1.54) is 5.56 Å². The summed E-state index contributed by atoms with van der Waals surface area (Å²) >= 11 is 0. The third-order valence-corrected chi connectivity index (χ3v) is 2.33. The second kappa shape index (κ2) is 4.97. The Morgan fingerprint density at radius 1 is 1.46 bits per heavy atom. The Morgan fingerprint density at radius 3 is 2.77 bits per heavy atom. The molecule has 2 unspecified atom stereocenters. The first-order valence-electron chi connectivity index (χ1n) is 4.90. The molecule has 0 aliphatic rings. The number of rotatable bonds is 4. The highest BCUT2D eigenvalue weighted by molar-refractivity contribution is 5.12. The maximum absolute atomic E-state index is 4.10. The quantitative estimate of drug-likeness (QED) is 0.766. The Labute approximate surface area is 80.4 Å². The molecule has 1 N–H and O–H groups in total. The molecule has 13 heavy (non-hydrogen) atoms. The van der Waals surface area contributed by atoms with Crippen molar-refractivity contribution in [2.24, 2.45) is 0 Å². The molecule has 2 nitrogen and oxygen atoms in total. The van der Waals surface area contributed by atoms with Crippen molar-refractivity contribution in [3.8, 4) is 0 Å². The van der Waals surface area contributed by atoms with Crippen LogP contribution in [0, 0.1) is 0 Å². The molecule has 0 saturated heterocycles. The lowest BCUT2D eigenvalue weighted by atomic mass is 10.1. The smallest absolute Gasteiger partial charge is 0.0315 e. The molecule has 0 aliphatic carbocycles. The predicted molar refractivity (Wildman–Crippen MR) is 55.5 cm³/mol. The van der Waals surface area contributed by atoms with Crippen LogP contribution < -0.4 is 5.32 Å². The normalized spacial score (nSPS) is 15.3. The first kappa shape index (κ1) is 10.2. The summed E-state index contributed by atoms with van der Waals surface area (Å²) in [6.07, 6.45) is 4.88. The van der Waals surface area contributed by atoms with Crippen molar-refractivity contribution >= 4 is 0 Å². The summed E-state index contributed by atoms with van der Waals surface area (Å²) in [7, 11) is 0. The molecule has 2 heteroatoms. The number of nitrogens with zero attached hydrogens (tertiary/aromatic N) is 1. The highest BCUT2D eigenvalue weighted by Gasteiger charge is 2.06. The van der Waals surface area contributed by atoms with Crippen LogP contribution in [0.4, 0.5) is 0 Å². The summed E-state index contributed by atoms with van der Waals surface area (Å²) in [5.74, 6) is 0. The lowest BCUT2D eigenvalue weighted by molar-refractivity contribution is 0.468. The zero-order valence-corrected chi connectivity index (χ0v) is 8.62. The Balaban J connectivity index is 2.53. The van der Waals surface area contributed by atoms with Gasteiger partial charge in [0.05, 0.1) is 0 Å². The highest BCUT2D eigenvalue weighted by Crippen LogP contribution is 2.11. The van der Waals surface area contributed by atoms with Gasteiger partial charge in [0.2, 0.25) is 0 Å². The van der Waals surface area contributed by atoms with Crippen LogP contribution in [0.1, 0.15) is 38.8 Å². The lowest BCUT2D eigenvalue weighted by Gasteiger charge is -2.18. The van der Waals surface area contributed by atoms with Gasteiger partial charge in [0, 0.05) is 24.5 Å². The van der Waals surface area contributed by atoms with Crippen LogP contribution in [0.15, 0.2) is 24.5 Å². The van der Waals surface area contributed by atoms with Gasteiger partial charge in [-0.15, -0.1) is 0 Å². The van der Waals surface area contributed by atoms with Crippen molar-refractivity contribution in [1.82, 2.24) is 10.3 Å². The molecular weight excluding hydrogens is 160 g/mol. The SMILES string of the molecule is CCC(C)NC(C)c1cccnc1. The molecule has 0 fully saturated rings. The van der Waals surface area contributed by atoms with E-state index in [2.05, 4.69) is 37.1 Å². The van der Waals surface area contributed by atoms with Crippen molar-refractivity contribution in [1.29, 1.82) is 0 Å². The number of aromatic nitrogens is 1. The number of pyridine rings is 1. The van der Waals surface area contributed by atoms with E-state index < -0.39 is 0 Å². The lowest BCUT2D eigenvalue weighted by Crippen LogP contribution is -2.28. The second-order valence-corrected chi connectivity index (χ2v) is 3.48. The summed E-state index contributed by atoms with van der Waals surface area (Å²) in [6, 6.07) is 5.04. The Bertz CT molecular complexity index is 233. The van der Waals surface area contributed by atoms with Gasteiger partial charge >= 0.3 is 0 Å². The Kier molecular flexibility index (Phi) is 3.90. The minimum atomic E-state index is 0.392. The van der Waals surface area contributed by atoms with Crippen molar-refractivity contribution in [3.05, 3.63) is 30.1 Å². The van der Waals surface area contributed by atoms with E-state index in [4.69, 9.17) is 0 Å². The van der Waals surface area contributed by atoms with E-state index in [1.807, 2.05) is 12.3 Å². The van der Waals surface area contributed by atoms with E-state index in [0.717, 1.165) is 6.42 Å². The van der Waals surface area contributed by atoms with Gasteiger partial charge in [0.1, 0.15) is 0 Å². The van der Waals surface area contributed by atoms with Crippen LogP contribution in [0.3, 0.4) is 0 Å². The fourth-order valence-electron chi connectivity index (χ4n) is 1.27. The largest absolute Gasteiger partial charge is 0.308 e.